The van der Waals surface area contributed by atoms with Crippen molar-refractivity contribution in [2.24, 2.45) is 0 Å². The number of rotatable bonds is 4. The van der Waals surface area contributed by atoms with Gasteiger partial charge in [0.1, 0.15) is 11.5 Å². The van der Waals surface area contributed by atoms with Crippen LogP contribution < -0.4 is 10.2 Å². The average Bonchev–Trinajstić information content (AvgIpc) is 2.68. The predicted octanol–water partition coefficient (Wildman–Crippen LogP) is 2.65. The van der Waals surface area contributed by atoms with Crippen molar-refractivity contribution in [1.29, 1.82) is 0 Å². The molecule has 0 saturated carbocycles. The van der Waals surface area contributed by atoms with Crippen LogP contribution in [0.15, 0.2) is 60.3 Å². The van der Waals surface area contributed by atoms with Gasteiger partial charge < -0.3 is 15.1 Å². The lowest BCUT2D eigenvalue weighted by molar-refractivity contribution is -0.129. The van der Waals surface area contributed by atoms with Gasteiger partial charge in [0.05, 0.1) is 0 Å². The van der Waals surface area contributed by atoms with Gasteiger partial charge in [-0.2, -0.15) is 0 Å². The molecule has 0 aliphatic carbocycles. The smallest absolute Gasteiger partial charge is 0.270 e. The Morgan fingerprint density at radius 2 is 1.59 bits per heavy atom. The minimum Gasteiger partial charge on any atom is -0.368 e. The Bertz CT molecular complexity index is 826. The maximum absolute atomic E-state index is 13.1. The summed E-state index contributed by atoms with van der Waals surface area (Å²) in [4.78, 5) is 28.3. The van der Waals surface area contributed by atoms with Crippen LogP contribution in [0.25, 0.3) is 6.08 Å². The van der Waals surface area contributed by atoms with Crippen LogP contribution in [0.5, 0.6) is 0 Å². The van der Waals surface area contributed by atoms with Gasteiger partial charge in [0, 0.05) is 38.8 Å². The van der Waals surface area contributed by atoms with E-state index >= 15 is 0 Å². The fraction of sp³-hybridized carbons (Fsp3) is 0.238. The zero-order valence-corrected chi connectivity index (χ0v) is 15.2. The van der Waals surface area contributed by atoms with Crippen LogP contribution in [-0.4, -0.2) is 42.9 Å². The molecule has 0 atom stereocenters. The van der Waals surface area contributed by atoms with E-state index in [2.05, 4.69) is 10.2 Å². The second-order valence-electron chi connectivity index (χ2n) is 6.41. The van der Waals surface area contributed by atoms with Crippen LogP contribution >= 0.6 is 0 Å². The zero-order chi connectivity index (χ0) is 19.2. The number of carbonyl (C=O) groups is 2. The van der Waals surface area contributed by atoms with Gasteiger partial charge in [-0.05, 0) is 35.9 Å². The second kappa shape index (κ2) is 8.49. The Morgan fingerprint density at radius 1 is 0.963 bits per heavy atom. The van der Waals surface area contributed by atoms with E-state index in [1.54, 1.807) is 23.1 Å². The minimum atomic E-state index is -0.282. The van der Waals surface area contributed by atoms with Gasteiger partial charge in [-0.15, -0.1) is 0 Å². The number of hydrogen-bond donors (Lipinski definition) is 1. The van der Waals surface area contributed by atoms with Crippen molar-refractivity contribution in [2.75, 3.05) is 31.1 Å². The number of anilines is 1. The van der Waals surface area contributed by atoms with Crippen LogP contribution in [0.2, 0.25) is 0 Å². The molecule has 2 amide bonds. The summed E-state index contributed by atoms with van der Waals surface area (Å²) in [6.07, 6.45) is 1.69. The van der Waals surface area contributed by atoms with E-state index in [4.69, 9.17) is 0 Å². The molecular formula is C21H22FN3O2. The molecule has 1 saturated heterocycles. The van der Waals surface area contributed by atoms with Crippen LogP contribution in [0, 0.1) is 5.82 Å². The lowest BCUT2D eigenvalue weighted by Crippen LogP contribution is -2.50. The molecule has 0 spiro atoms. The number of nitrogens with one attached hydrogen (secondary N) is 1. The first-order chi connectivity index (χ1) is 13.0. The maximum Gasteiger partial charge on any atom is 0.270 e. The molecule has 3 rings (SSSR count). The lowest BCUT2D eigenvalue weighted by atomic mass is 10.1. The molecule has 0 aromatic heterocycles. The molecule has 140 valence electrons. The van der Waals surface area contributed by atoms with E-state index in [0.29, 0.717) is 26.2 Å². The molecule has 5 nitrogen and oxygen atoms in total. The van der Waals surface area contributed by atoms with Gasteiger partial charge in [0.25, 0.3) is 5.91 Å². The summed E-state index contributed by atoms with van der Waals surface area (Å²) >= 11 is 0. The highest BCUT2D eigenvalue weighted by molar-refractivity contribution is 6.01. The van der Waals surface area contributed by atoms with Crippen LogP contribution in [0.1, 0.15) is 12.5 Å². The molecule has 1 fully saturated rings. The van der Waals surface area contributed by atoms with Gasteiger partial charge in [0.15, 0.2) is 0 Å². The van der Waals surface area contributed by atoms with Gasteiger partial charge in [0.2, 0.25) is 5.91 Å². The Hall–Kier alpha value is -3.15. The summed E-state index contributed by atoms with van der Waals surface area (Å²) in [5, 5.41) is 2.65. The number of hydrogen-bond acceptors (Lipinski definition) is 3. The van der Waals surface area contributed by atoms with Crippen molar-refractivity contribution >= 4 is 23.6 Å². The Balaban J connectivity index is 1.69. The van der Waals surface area contributed by atoms with E-state index in [0.717, 1.165) is 11.3 Å². The van der Waals surface area contributed by atoms with Crippen LogP contribution in [-0.2, 0) is 9.59 Å². The molecule has 0 bridgehead atoms. The van der Waals surface area contributed by atoms with Crippen molar-refractivity contribution in [2.45, 2.75) is 6.92 Å². The molecular weight excluding hydrogens is 345 g/mol. The summed E-state index contributed by atoms with van der Waals surface area (Å²) in [5.74, 6) is -0.748. The minimum absolute atomic E-state index is 0.201. The highest BCUT2D eigenvalue weighted by Crippen LogP contribution is 2.18. The normalized spacial score (nSPS) is 14.8. The predicted molar refractivity (Wildman–Crippen MR) is 103 cm³/mol. The average molecular weight is 367 g/mol. The molecule has 2 aromatic rings. The third kappa shape index (κ3) is 4.94. The van der Waals surface area contributed by atoms with Gasteiger partial charge in [-0.1, -0.05) is 30.3 Å². The SMILES string of the molecule is CC(=O)NC(=Cc1ccccc1)C(=O)N1CCN(c2ccc(F)cc2)CC1. The lowest BCUT2D eigenvalue weighted by Gasteiger charge is -2.36. The quantitative estimate of drug-likeness (QED) is 0.846. The number of amides is 2. The summed E-state index contributed by atoms with van der Waals surface area (Å²) in [7, 11) is 0. The summed E-state index contributed by atoms with van der Waals surface area (Å²) in [6, 6.07) is 15.8. The van der Waals surface area contributed by atoms with E-state index < -0.39 is 0 Å². The standard InChI is InChI=1S/C21H22FN3O2/c1-16(26)23-20(15-17-5-3-2-4-6-17)21(27)25-13-11-24(12-14-25)19-9-7-18(22)8-10-19/h2-10,15H,11-14H2,1H3,(H,23,26). The van der Waals surface area contributed by atoms with E-state index in [1.165, 1.54) is 19.1 Å². The first kappa shape index (κ1) is 18.6. The van der Waals surface area contributed by atoms with Crippen molar-refractivity contribution in [3.05, 3.63) is 71.7 Å². The maximum atomic E-state index is 13.1. The zero-order valence-electron chi connectivity index (χ0n) is 15.2. The second-order valence-corrected chi connectivity index (χ2v) is 6.41. The number of carbonyl (C=O) groups excluding carboxylic acids is 2. The molecule has 1 heterocycles. The van der Waals surface area contributed by atoms with Crippen molar-refractivity contribution in [3.8, 4) is 0 Å². The van der Waals surface area contributed by atoms with Gasteiger partial charge in [-0.3, -0.25) is 9.59 Å². The first-order valence-electron chi connectivity index (χ1n) is 8.87. The summed E-state index contributed by atoms with van der Waals surface area (Å²) in [5.41, 5.74) is 2.05. The number of nitrogens with zero attached hydrogens (tertiary/aromatic N) is 2. The highest BCUT2D eigenvalue weighted by atomic mass is 19.1. The Kier molecular flexibility index (Phi) is 5.86. The molecule has 0 unspecified atom stereocenters. The summed E-state index contributed by atoms with van der Waals surface area (Å²) in [6.45, 7) is 3.74. The van der Waals surface area contributed by atoms with Crippen LogP contribution in [0.4, 0.5) is 10.1 Å². The Morgan fingerprint density at radius 3 is 2.19 bits per heavy atom. The van der Waals surface area contributed by atoms with E-state index in [9.17, 15) is 14.0 Å². The molecule has 1 aliphatic rings. The topological polar surface area (TPSA) is 52.7 Å². The fourth-order valence-electron chi connectivity index (χ4n) is 3.05. The Labute approximate surface area is 158 Å². The van der Waals surface area contributed by atoms with Crippen molar-refractivity contribution in [1.82, 2.24) is 10.2 Å². The molecule has 0 radical (unpaired) electrons. The summed E-state index contributed by atoms with van der Waals surface area (Å²) < 4.78 is 13.1. The molecule has 27 heavy (non-hydrogen) atoms. The van der Waals surface area contributed by atoms with Crippen LogP contribution in [0.3, 0.4) is 0 Å². The molecule has 2 aromatic carbocycles. The molecule has 6 heteroatoms. The third-order valence-corrected chi connectivity index (χ3v) is 4.41. The van der Waals surface area contributed by atoms with Crippen molar-refractivity contribution in [3.63, 3.8) is 0 Å². The van der Waals surface area contributed by atoms with E-state index in [1.807, 2.05) is 30.3 Å². The molecule has 1 aliphatic heterocycles. The first-order valence-corrected chi connectivity index (χ1v) is 8.87. The number of benzene rings is 2. The van der Waals surface area contributed by atoms with Gasteiger partial charge >= 0.3 is 0 Å². The van der Waals surface area contributed by atoms with Crippen molar-refractivity contribution < 1.29 is 14.0 Å². The molecule has 1 N–H and O–H groups in total. The van der Waals surface area contributed by atoms with Gasteiger partial charge in [-0.25, -0.2) is 4.39 Å². The number of halogens is 1. The monoisotopic (exact) mass is 367 g/mol. The third-order valence-electron chi connectivity index (χ3n) is 4.41. The fourth-order valence-corrected chi connectivity index (χ4v) is 3.05. The largest absolute Gasteiger partial charge is 0.368 e. The highest BCUT2D eigenvalue weighted by Gasteiger charge is 2.24. The van der Waals surface area contributed by atoms with E-state index in [-0.39, 0.29) is 23.3 Å². The number of piperazine rings is 1.